The van der Waals surface area contributed by atoms with Crippen LogP contribution in [-0.4, -0.2) is 51.5 Å². The van der Waals surface area contributed by atoms with Crippen LogP contribution in [0.2, 0.25) is 0 Å². The molecule has 8 nitrogen and oxygen atoms in total. The summed E-state index contributed by atoms with van der Waals surface area (Å²) >= 11 is 1.43. The lowest BCUT2D eigenvalue weighted by Crippen LogP contribution is -2.52. The maximum Gasteiger partial charge on any atom is 0.290 e. The average Bonchev–Trinajstić information content (AvgIpc) is 3.38. The van der Waals surface area contributed by atoms with Crippen LogP contribution in [0.15, 0.2) is 58.4 Å². The predicted octanol–water partition coefficient (Wildman–Crippen LogP) is 2.18. The Hall–Kier alpha value is -3.07. The fraction of sp³-hybridized carbons (Fsp3) is 0.222. The van der Waals surface area contributed by atoms with Crippen molar-refractivity contribution in [3.63, 3.8) is 0 Å². The molecule has 27 heavy (non-hydrogen) atoms. The number of amides is 2. The first-order valence-electron chi connectivity index (χ1n) is 8.42. The molecule has 3 aromatic rings. The third-order valence-corrected chi connectivity index (χ3v) is 5.09. The van der Waals surface area contributed by atoms with E-state index < -0.39 is 0 Å². The number of hydrogen-bond donors (Lipinski definition) is 1. The molecule has 2 amide bonds. The second-order valence-electron chi connectivity index (χ2n) is 5.95. The minimum absolute atomic E-state index is 0.0383. The molecule has 0 aliphatic carbocycles. The van der Waals surface area contributed by atoms with E-state index in [4.69, 9.17) is 4.42 Å². The summed E-state index contributed by atoms with van der Waals surface area (Å²) in [6, 6.07) is 12.9. The van der Waals surface area contributed by atoms with Gasteiger partial charge >= 0.3 is 0 Å². The SMILES string of the molecule is O=C(c1ccc(CSc2ncn[nH]2)o1)N1CCN(c2ccccc2)C(=O)C1. The lowest BCUT2D eigenvalue weighted by atomic mass is 10.2. The van der Waals surface area contributed by atoms with Crippen LogP contribution in [-0.2, 0) is 10.5 Å². The average molecular weight is 383 g/mol. The van der Waals surface area contributed by atoms with Gasteiger partial charge < -0.3 is 14.2 Å². The molecule has 0 saturated carbocycles. The molecule has 0 radical (unpaired) electrons. The molecule has 1 aromatic carbocycles. The Balaban J connectivity index is 1.37. The molecular weight excluding hydrogens is 366 g/mol. The number of thioether (sulfide) groups is 1. The number of benzene rings is 1. The van der Waals surface area contributed by atoms with Gasteiger partial charge in [0.15, 0.2) is 10.9 Å². The van der Waals surface area contributed by atoms with Crippen LogP contribution >= 0.6 is 11.8 Å². The molecule has 1 aliphatic heterocycles. The number of para-hydroxylation sites is 1. The van der Waals surface area contributed by atoms with Crippen LogP contribution in [0.4, 0.5) is 5.69 Å². The molecular formula is C18H17N5O3S. The first-order chi connectivity index (χ1) is 13.2. The molecule has 1 N–H and O–H groups in total. The number of nitrogens with zero attached hydrogens (tertiary/aromatic N) is 4. The van der Waals surface area contributed by atoms with Gasteiger partial charge in [-0.05, 0) is 24.3 Å². The number of aromatic amines is 1. The summed E-state index contributed by atoms with van der Waals surface area (Å²) in [7, 11) is 0. The molecule has 0 unspecified atom stereocenters. The second kappa shape index (κ2) is 7.67. The van der Waals surface area contributed by atoms with Crippen LogP contribution in [0.3, 0.4) is 0 Å². The van der Waals surface area contributed by atoms with Crippen LogP contribution in [0.1, 0.15) is 16.3 Å². The number of anilines is 1. The van der Waals surface area contributed by atoms with Gasteiger partial charge in [0.1, 0.15) is 18.6 Å². The van der Waals surface area contributed by atoms with E-state index in [1.54, 1.807) is 17.0 Å². The first-order valence-corrected chi connectivity index (χ1v) is 9.41. The highest BCUT2D eigenvalue weighted by Crippen LogP contribution is 2.22. The smallest absolute Gasteiger partial charge is 0.290 e. The zero-order valence-electron chi connectivity index (χ0n) is 14.4. The van der Waals surface area contributed by atoms with Gasteiger partial charge in [-0.15, -0.1) is 0 Å². The van der Waals surface area contributed by atoms with Crippen LogP contribution in [0.25, 0.3) is 0 Å². The fourth-order valence-electron chi connectivity index (χ4n) is 2.86. The van der Waals surface area contributed by atoms with E-state index in [9.17, 15) is 9.59 Å². The van der Waals surface area contributed by atoms with Gasteiger partial charge in [-0.3, -0.25) is 14.7 Å². The molecule has 0 bridgehead atoms. The number of rotatable bonds is 5. The highest BCUT2D eigenvalue weighted by atomic mass is 32.2. The Morgan fingerprint density at radius 2 is 2.04 bits per heavy atom. The van der Waals surface area contributed by atoms with Gasteiger partial charge in [-0.25, -0.2) is 4.98 Å². The summed E-state index contributed by atoms with van der Waals surface area (Å²) in [5.74, 6) is 1.06. The molecule has 1 saturated heterocycles. The van der Waals surface area contributed by atoms with Crippen molar-refractivity contribution in [2.24, 2.45) is 0 Å². The number of aromatic nitrogens is 3. The predicted molar refractivity (Wildman–Crippen MR) is 99.4 cm³/mol. The molecule has 1 fully saturated rings. The molecule has 9 heteroatoms. The van der Waals surface area contributed by atoms with E-state index >= 15 is 0 Å². The topological polar surface area (TPSA) is 95.3 Å². The minimum atomic E-state index is -0.271. The zero-order chi connectivity index (χ0) is 18.6. The Kier molecular flexibility index (Phi) is 4.93. The number of carbonyl (C=O) groups excluding carboxylic acids is 2. The van der Waals surface area contributed by atoms with E-state index in [1.165, 1.54) is 23.0 Å². The number of carbonyl (C=O) groups is 2. The maximum atomic E-state index is 12.7. The molecule has 3 heterocycles. The molecule has 1 aliphatic rings. The van der Waals surface area contributed by atoms with Crippen molar-refractivity contribution in [1.29, 1.82) is 0 Å². The van der Waals surface area contributed by atoms with Gasteiger partial charge in [-0.1, -0.05) is 30.0 Å². The lowest BCUT2D eigenvalue weighted by Gasteiger charge is -2.33. The van der Waals surface area contributed by atoms with Crippen LogP contribution in [0.5, 0.6) is 0 Å². The normalized spacial score (nSPS) is 14.6. The van der Waals surface area contributed by atoms with Crippen molar-refractivity contribution in [2.75, 3.05) is 24.5 Å². The Morgan fingerprint density at radius 3 is 2.78 bits per heavy atom. The molecule has 0 atom stereocenters. The molecule has 4 rings (SSSR count). The highest BCUT2D eigenvalue weighted by Gasteiger charge is 2.29. The van der Waals surface area contributed by atoms with Gasteiger partial charge in [0.25, 0.3) is 5.91 Å². The van der Waals surface area contributed by atoms with Crippen molar-refractivity contribution >= 4 is 29.3 Å². The lowest BCUT2D eigenvalue weighted by molar-refractivity contribution is -0.120. The van der Waals surface area contributed by atoms with Crippen LogP contribution < -0.4 is 4.90 Å². The number of piperazine rings is 1. The van der Waals surface area contributed by atoms with Crippen molar-refractivity contribution in [3.05, 3.63) is 60.3 Å². The summed E-state index contributed by atoms with van der Waals surface area (Å²) in [5.41, 5.74) is 0.847. The van der Waals surface area contributed by atoms with Crippen LogP contribution in [0, 0.1) is 0 Å². The monoisotopic (exact) mass is 383 g/mol. The fourth-order valence-corrected chi connectivity index (χ4v) is 3.53. The minimum Gasteiger partial charge on any atom is -0.455 e. The van der Waals surface area contributed by atoms with Gasteiger partial charge in [-0.2, -0.15) is 5.10 Å². The summed E-state index contributed by atoms with van der Waals surface area (Å²) < 4.78 is 5.64. The van der Waals surface area contributed by atoms with E-state index in [1.807, 2.05) is 30.3 Å². The Morgan fingerprint density at radius 1 is 1.19 bits per heavy atom. The van der Waals surface area contributed by atoms with E-state index in [2.05, 4.69) is 15.2 Å². The van der Waals surface area contributed by atoms with Gasteiger partial charge in [0, 0.05) is 18.8 Å². The quantitative estimate of drug-likeness (QED) is 0.679. The molecule has 0 spiro atoms. The Labute approximate surface area is 159 Å². The first kappa shape index (κ1) is 17.3. The van der Waals surface area contributed by atoms with Crippen molar-refractivity contribution in [1.82, 2.24) is 20.1 Å². The van der Waals surface area contributed by atoms with Crippen molar-refractivity contribution < 1.29 is 14.0 Å². The third kappa shape index (κ3) is 3.87. The van der Waals surface area contributed by atoms with E-state index in [-0.39, 0.29) is 24.1 Å². The summed E-state index contributed by atoms with van der Waals surface area (Å²) in [4.78, 5) is 32.4. The van der Waals surface area contributed by atoms with Gasteiger partial charge in [0.2, 0.25) is 5.91 Å². The molecule has 2 aromatic heterocycles. The largest absolute Gasteiger partial charge is 0.455 e. The number of hydrogen-bond acceptors (Lipinski definition) is 6. The summed E-state index contributed by atoms with van der Waals surface area (Å²) in [6.07, 6.45) is 1.44. The summed E-state index contributed by atoms with van der Waals surface area (Å²) in [6.45, 7) is 0.961. The maximum absolute atomic E-state index is 12.7. The number of nitrogens with one attached hydrogen (secondary N) is 1. The highest BCUT2D eigenvalue weighted by molar-refractivity contribution is 7.98. The Bertz CT molecular complexity index is 926. The van der Waals surface area contributed by atoms with E-state index in [0.29, 0.717) is 29.8 Å². The molecule has 138 valence electrons. The third-order valence-electron chi connectivity index (χ3n) is 4.19. The van der Waals surface area contributed by atoms with Crippen molar-refractivity contribution in [2.45, 2.75) is 10.9 Å². The summed E-state index contributed by atoms with van der Waals surface area (Å²) in [5, 5.41) is 7.22. The number of furan rings is 1. The zero-order valence-corrected chi connectivity index (χ0v) is 15.2. The second-order valence-corrected chi connectivity index (χ2v) is 6.92. The van der Waals surface area contributed by atoms with E-state index in [0.717, 1.165) is 5.69 Å². The standard InChI is InChI=1S/C18H17N5O3S/c24-16-10-22(8-9-23(16)13-4-2-1-3-5-13)17(25)15-7-6-14(26-15)11-27-18-19-12-20-21-18/h1-7,12H,8-11H2,(H,19,20,21). The van der Waals surface area contributed by atoms with Gasteiger partial charge in [0.05, 0.1) is 5.75 Å². The van der Waals surface area contributed by atoms with Crippen molar-refractivity contribution in [3.8, 4) is 0 Å². The number of H-pyrrole nitrogens is 1.